The Morgan fingerprint density at radius 2 is 1.20 bits per heavy atom. The highest BCUT2D eigenvalue weighted by atomic mass is 31.2. The van der Waals surface area contributed by atoms with Gasteiger partial charge in [0.15, 0.2) is 0 Å². The van der Waals surface area contributed by atoms with Crippen molar-refractivity contribution in [1.82, 2.24) is 0 Å². The Bertz CT molecular complexity index is 290. The molecule has 0 saturated carbocycles. The second-order valence-corrected chi connectivity index (χ2v) is 8.33. The van der Waals surface area contributed by atoms with E-state index in [-0.39, 0.29) is 4.48 Å². The van der Waals surface area contributed by atoms with Gasteiger partial charge < -0.3 is 24.1 Å². The summed E-state index contributed by atoms with van der Waals surface area (Å²) in [6.07, 6.45) is 0. The van der Waals surface area contributed by atoms with Crippen LogP contribution in [0.15, 0.2) is 0 Å². The molecule has 7 nitrogen and oxygen atoms in total. The molecular weight excluding hydrogens is 244 g/mol. The van der Waals surface area contributed by atoms with Crippen LogP contribution >= 0.6 is 15.2 Å². The first kappa shape index (κ1) is 15.3. The third-order valence-electron chi connectivity index (χ3n) is 2.34. The molecule has 0 amide bonds. The first-order chi connectivity index (χ1) is 6.28. The average molecular weight is 262 g/mol. The van der Waals surface area contributed by atoms with Gasteiger partial charge >= 0.3 is 15.2 Å². The minimum absolute atomic E-state index is 0.0564. The van der Waals surface area contributed by atoms with Crippen LogP contribution in [0.4, 0.5) is 0 Å². The van der Waals surface area contributed by atoms with Gasteiger partial charge in [-0.1, -0.05) is 0 Å². The predicted octanol–water partition coefficient (Wildman–Crippen LogP) is -0.237. The third-order valence-corrected chi connectivity index (χ3v) is 6.39. The summed E-state index contributed by atoms with van der Waals surface area (Å²) in [7, 11) is -4.82. The molecule has 15 heavy (non-hydrogen) atoms. The summed E-state index contributed by atoms with van der Waals surface area (Å²) < 4.78 is 22.2. The molecule has 0 rings (SSSR count). The first-order valence-electron chi connectivity index (χ1n) is 4.19. The van der Waals surface area contributed by atoms with E-state index >= 15 is 0 Å². The lowest BCUT2D eigenvalue weighted by molar-refractivity contribution is -0.892. The van der Waals surface area contributed by atoms with Crippen molar-refractivity contribution >= 4 is 15.2 Å². The molecule has 0 aliphatic carbocycles. The zero-order chi connectivity index (χ0) is 12.7. The van der Waals surface area contributed by atoms with Crippen molar-refractivity contribution in [3.05, 3.63) is 0 Å². The lowest BCUT2D eigenvalue weighted by atomic mass is 10.3. The molecule has 0 radical (unpaired) electrons. The molecule has 9 heteroatoms. The predicted molar refractivity (Wildman–Crippen MR) is 55.4 cm³/mol. The monoisotopic (exact) mass is 262 g/mol. The standard InChI is InChI=1S/C6H17NO6P2/c1-5(7(2,3)4)6(14(8,9)10)15(11,12)13/h5-6H,1-4H3,(H3-,8,9,10,11,12,13)/p+1. The van der Waals surface area contributed by atoms with Crippen molar-refractivity contribution in [1.29, 1.82) is 0 Å². The number of quaternary nitrogens is 1. The minimum Gasteiger partial charge on any atom is -0.327 e. The topological polar surface area (TPSA) is 115 Å². The number of hydrogen-bond donors (Lipinski definition) is 4. The van der Waals surface area contributed by atoms with Crippen molar-refractivity contribution in [2.45, 2.75) is 18.4 Å². The van der Waals surface area contributed by atoms with E-state index in [2.05, 4.69) is 0 Å². The van der Waals surface area contributed by atoms with Crippen LogP contribution < -0.4 is 0 Å². The van der Waals surface area contributed by atoms with Gasteiger partial charge in [-0.25, -0.2) is 0 Å². The van der Waals surface area contributed by atoms with Crippen molar-refractivity contribution in [3.8, 4) is 0 Å². The maximum Gasteiger partial charge on any atom is 0.346 e. The van der Waals surface area contributed by atoms with E-state index in [0.717, 1.165) is 0 Å². The molecule has 0 heterocycles. The van der Waals surface area contributed by atoms with Gasteiger partial charge in [0.05, 0.1) is 21.1 Å². The van der Waals surface area contributed by atoms with Crippen LogP contribution in [-0.4, -0.2) is 56.6 Å². The van der Waals surface area contributed by atoms with Crippen molar-refractivity contribution in [2.24, 2.45) is 0 Å². The van der Waals surface area contributed by atoms with E-state index in [1.807, 2.05) is 0 Å². The van der Waals surface area contributed by atoms with E-state index < -0.39 is 26.6 Å². The smallest absolute Gasteiger partial charge is 0.327 e. The number of rotatable bonds is 4. The van der Waals surface area contributed by atoms with Crippen LogP contribution in [0.5, 0.6) is 0 Å². The molecule has 0 aliphatic rings. The summed E-state index contributed by atoms with van der Waals surface area (Å²) in [5.41, 5.74) is 0. The molecule has 0 aromatic rings. The van der Waals surface area contributed by atoms with Gasteiger partial charge in [-0.05, 0) is 6.92 Å². The Balaban J connectivity index is 5.36. The zero-order valence-corrected chi connectivity index (χ0v) is 10.9. The zero-order valence-electron chi connectivity index (χ0n) is 9.10. The summed E-state index contributed by atoms with van der Waals surface area (Å²) in [5.74, 6) is 0. The van der Waals surface area contributed by atoms with E-state index in [4.69, 9.17) is 19.6 Å². The quantitative estimate of drug-likeness (QED) is 0.410. The summed E-state index contributed by atoms with van der Waals surface area (Å²) in [4.78, 5) is 35.8. The maximum atomic E-state index is 11.1. The Morgan fingerprint density at radius 3 is 1.27 bits per heavy atom. The molecule has 0 saturated heterocycles. The lowest BCUT2D eigenvalue weighted by Gasteiger charge is -2.36. The fraction of sp³-hybridized carbons (Fsp3) is 1.00. The third kappa shape index (κ3) is 4.33. The van der Waals surface area contributed by atoms with Gasteiger partial charge in [-0.2, -0.15) is 0 Å². The average Bonchev–Trinajstić information content (AvgIpc) is 1.76. The molecule has 1 unspecified atom stereocenters. The molecule has 0 bridgehead atoms. The van der Waals surface area contributed by atoms with Gasteiger partial charge in [0.2, 0.25) is 5.40 Å². The van der Waals surface area contributed by atoms with Gasteiger partial charge in [-0.15, -0.1) is 0 Å². The SMILES string of the molecule is CC(C(P(=O)(O)O)P(=O)(O)O)[N+](C)(C)C. The molecule has 92 valence electrons. The molecule has 1 atom stereocenters. The molecule has 0 aliphatic heterocycles. The molecule has 0 spiro atoms. The normalized spacial score (nSPS) is 16.9. The van der Waals surface area contributed by atoms with E-state index in [1.54, 1.807) is 21.1 Å². The first-order valence-corrected chi connectivity index (χ1v) is 7.56. The lowest BCUT2D eigenvalue weighted by Crippen LogP contribution is -2.49. The van der Waals surface area contributed by atoms with Gasteiger partial charge in [0.25, 0.3) is 0 Å². The highest BCUT2D eigenvalue weighted by molar-refractivity contribution is 7.70. The summed E-state index contributed by atoms with van der Waals surface area (Å²) in [6, 6.07) is -0.855. The molecule has 0 fully saturated rings. The van der Waals surface area contributed by atoms with Crippen LogP contribution in [0.2, 0.25) is 0 Å². The van der Waals surface area contributed by atoms with E-state index in [9.17, 15) is 9.13 Å². The highest BCUT2D eigenvalue weighted by Gasteiger charge is 2.52. The second kappa shape index (κ2) is 4.26. The van der Waals surface area contributed by atoms with Crippen LogP contribution in [0, 0.1) is 0 Å². The summed E-state index contributed by atoms with van der Waals surface area (Å²) in [6.45, 7) is 1.41. The molecule has 0 aromatic heterocycles. The summed E-state index contributed by atoms with van der Waals surface area (Å²) >= 11 is 0. The maximum absolute atomic E-state index is 11.1. The fourth-order valence-corrected chi connectivity index (χ4v) is 4.65. The van der Waals surface area contributed by atoms with Crippen molar-refractivity contribution in [2.75, 3.05) is 21.1 Å². The van der Waals surface area contributed by atoms with Crippen LogP contribution in [0.3, 0.4) is 0 Å². The largest absolute Gasteiger partial charge is 0.346 e. The Labute approximate surface area is 88.6 Å². The van der Waals surface area contributed by atoms with Gasteiger partial charge in [-0.3, -0.25) is 9.13 Å². The van der Waals surface area contributed by atoms with Crippen LogP contribution in [0.1, 0.15) is 6.92 Å². The van der Waals surface area contributed by atoms with Gasteiger partial charge in [0.1, 0.15) is 6.04 Å². The molecule has 4 N–H and O–H groups in total. The van der Waals surface area contributed by atoms with Crippen molar-refractivity contribution in [3.63, 3.8) is 0 Å². The fourth-order valence-electron chi connectivity index (χ4n) is 1.16. The van der Waals surface area contributed by atoms with E-state index in [1.165, 1.54) is 6.92 Å². The van der Waals surface area contributed by atoms with Crippen LogP contribution in [-0.2, 0) is 9.13 Å². The van der Waals surface area contributed by atoms with Crippen molar-refractivity contribution < 1.29 is 33.2 Å². The van der Waals surface area contributed by atoms with Crippen LogP contribution in [0.25, 0.3) is 0 Å². The van der Waals surface area contributed by atoms with E-state index in [0.29, 0.717) is 0 Å². The second-order valence-electron chi connectivity index (χ2n) is 4.45. The molecular formula is C6H18NO6P2+. The minimum atomic E-state index is -4.83. The number of nitrogens with zero attached hydrogens (tertiary/aromatic N) is 1. The Kier molecular flexibility index (Phi) is 4.33. The number of hydrogen-bond acceptors (Lipinski definition) is 2. The van der Waals surface area contributed by atoms with Gasteiger partial charge in [0, 0.05) is 0 Å². The molecule has 0 aromatic carbocycles. The summed E-state index contributed by atoms with van der Waals surface area (Å²) in [5, 5.41) is -1.95. The highest BCUT2D eigenvalue weighted by Crippen LogP contribution is 2.62. The Hall–Kier alpha value is 0.260. The Morgan fingerprint density at radius 1 is 0.933 bits per heavy atom.